The Balaban J connectivity index is 1.81. The molecule has 2 aromatic carbocycles. The summed E-state index contributed by atoms with van der Waals surface area (Å²) in [5.41, 5.74) is 9.97. The highest BCUT2D eigenvalue weighted by atomic mass is 16.5. The summed E-state index contributed by atoms with van der Waals surface area (Å²) in [6.07, 6.45) is 5.26. The van der Waals surface area contributed by atoms with Gasteiger partial charge in [-0.1, -0.05) is 49.2 Å². The van der Waals surface area contributed by atoms with Crippen molar-refractivity contribution in [2.24, 2.45) is 0 Å². The van der Waals surface area contributed by atoms with Gasteiger partial charge >= 0.3 is 0 Å². The molecule has 0 unspecified atom stereocenters. The van der Waals surface area contributed by atoms with Gasteiger partial charge in [0.25, 0.3) is 0 Å². The first-order valence-electron chi connectivity index (χ1n) is 7.41. The lowest BCUT2D eigenvalue weighted by Gasteiger charge is -2.09. The predicted molar refractivity (Wildman–Crippen MR) is 85.1 cm³/mol. The first-order valence-corrected chi connectivity index (χ1v) is 7.41. The van der Waals surface area contributed by atoms with Crippen LogP contribution in [0.3, 0.4) is 0 Å². The van der Waals surface area contributed by atoms with Crippen LogP contribution in [0.4, 0.5) is 5.69 Å². The number of hydroxylamine groups is 1. The Morgan fingerprint density at radius 3 is 2.62 bits per heavy atom. The van der Waals surface area contributed by atoms with Gasteiger partial charge in [-0.2, -0.15) is 0 Å². The van der Waals surface area contributed by atoms with Crippen LogP contribution < -0.4 is 11.2 Å². The number of rotatable bonds is 7. The van der Waals surface area contributed by atoms with E-state index < -0.39 is 0 Å². The molecule has 0 fully saturated rings. The van der Waals surface area contributed by atoms with Crippen molar-refractivity contribution in [1.29, 1.82) is 0 Å². The van der Waals surface area contributed by atoms with Crippen molar-refractivity contribution in [2.45, 2.75) is 38.5 Å². The van der Waals surface area contributed by atoms with Crippen LogP contribution in [0, 0.1) is 0 Å². The molecule has 0 aliphatic heterocycles. The molecule has 0 saturated carbocycles. The van der Waals surface area contributed by atoms with Gasteiger partial charge in [0, 0.05) is 17.5 Å². The van der Waals surface area contributed by atoms with Gasteiger partial charge in [-0.15, -0.1) is 0 Å². The molecule has 0 atom stereocenters. The fourth-order valence-corrected chi connectivity index (χ4v) is 2.57. The number of amides is 1. The molecule has 0 saturated heterocycles. The summed E-state index contributed by atoms with van der Waals surface area (Å²) < 4.78 is 0. The van der Waals surface area contributed by atoms with Crippen molar-refractivity contribution < 1.29 is 10.0 Å². The topological polar surface area (TPSA) is 75.4 Å². The van der Waals surface area contributed by atoms with E-state index in [4.69, 9.17) is 10.9 Å². The average molecular weight is 286 g/mol. The molecule has 0 bridgehead atoms. The van der Waals surface area contributed by atoms with E-state index in [0.29, 0.717) is 6.42 Å². The zero-order chi connectivity index (χ0) is 15.1. The molecular formula is C17H22N2O2. The Labute approximate surface area is 124 Å². The molecular weight excluding hydrogens is 264 g/mol. The summed E-state index contributed by atoms with van der Waals surface area (Å²) in [5, 5.41) is 10.7. The Kier molecular flexibility index (Phi) is 5.58. The third-order valence-electron chi connectivity index (χ3n) is 3.79. The van der Waals surface area contributed by atoms with Crippen LogP contribution in [-0.2, 0) is 11.2 Å². The van der Waals surface area contributed by atoms with E-state index in [-0.39, 0.29) is 5.91 Å². The predicted octanol–water partition coefficient (Wildman–Crippen LogP) is 3.42. The van der Waals surface area contributed by atoms with Gasteiger partial charge in [0.2, 0.25) is 5.91 Å². The summed E-state index contributed by atoms with van der Waals surface area (Å²) in [6, 6.07) is 12.4. The molecule has 1 amide bonds. The summed E-state index contributed by atoms with van der Waals surface area (Å²) in [5.74, 6) is -0.311. The zero-order valence-electron chi connectivity index (χ0n) is 12.1. The molecule has 0 spiro atoms. The molecule has 4 N–H and O–H groups in total. The Hall–Kier alpha value is -2.07. The van der Waals surface area contributed by atoms with Gasteiger partial charge < -0.3 is 5.73 Å². The quantitative estimate of drug-likeness (QED) is 0.316. The minimum absolute atomic E-state index is 0.311. The second-order valence-corrected chi connectivity index (χ2v) is 5.31. The highest BCUT2D eigenvalue weighted by molar-refractivity contribution is 5.94. The van der Waals surface area contributed by atoms with E-state index in [1.807, 2.05) is 12.1 Å². The monoisotopic (exact) mass is 286 g/mol. The zero-order valence-corrected chi connectivity index (χ0v) is 12.1. The maximum atomic E-state index is 10.9. The lowest BCUT2D eigenvalue weighted by molar-refractivity contribution is -0.129. The number of aryl methyl sites for hydroxylation is 1. The van der Waals surface area contributed by atoms with Gasteiger partial charge in [0.15, 0.2) is 0 Å². The van der Waals surface area contributed by atoms with Crippen molar-refractivity contribution in [3.63, 3.8) is 0 Å². The molecule has 0 aromatic heterocycles. The normalized spacial score (nSPS) is 10.7. The third kappa shape index (κ3) is 4.20. The van der Waals surface area contributed by atoms with Gasteiger partial charge in [0.1, 0.15) is 0 Å². The first kappa shape index (κ1) is 15.3. The average Bonchev–Trinajstić information content (AvgIpc) is 2.52. The molecule has 0 aliphatic carbocycles. The number of fused-ring (bicyclic) bond motifs is 1. The number of nitrogens with one attached hydrogen (secondary N) is 1. The smallest absolute Gasteiger partial charge is 0.243 e. The minimum atomic E-state index is -0.311. The molecule has 4 nitrogen and oxygen atoms in total. The number of hydrogen-bond acceptors (Lipinski definition) is 3. The van der Waals surface area contributed by atoms with Gasteiger partial charge in [-0.05, 0) is 30.2 Å². The molecule has 2 rings (SSSR count). The number of carbonyl (C=O) groups excluding carboxylic acids is 1. The van der Waals surface area contributed by atoms with Crippen LogP contribution in [0.1, 0.15) is 37.7 Å². The summed E-state index contributed by atoms with van der Waals surface area (Å²) in [7, 11) is 0. The second kappa shape index (κ2) is 7.64. The van der Waals surface area contributed by atoms with E-state index in [9.17, 15) is 4.79 Å². The van der Waals surface area contributed by atoms with Crippen molar-refractivity contribution in [3.05, 3.63) is 42.0 Å². The van der Waals surface area contributed by atoms with Crippen LogP contribution >= 0.6 is 0 Å². The van der Waals surface area contributed by atoms with Crippen molar-refractivity contribution in [3.8, 4) is 0 Å². The second-order valence-electron chi connectivity index (χ2n) is 5.31. The summed E-state index contributed by atoms with van der Waals surface area (Å²) in [6.45, 7) is 0. The summed E-state index contributed by atoms with van der Waals surface area (Å²) in [4.78, 5) is 10.9. The first-order chi connectivity index (χ1) is 10.2. The van der Waals surface area contributed by atoms with Crippen LogP contribution in [0.15, 0.2) is 36.4 Å². The molecule has 21 heavy (non-hydrogen) atoms. The van der Waals surface area contributed by atoms with Crippen LogP contribution in [0.5, 0.6) is 0 Å². The molecule has 0 aliphatic rings. The van der Waals surface area contributed by atoms with Gasteiger partial charge in [-0.25, -0.2) is 5.48 Å². The van der Waals surface area contributed by atoms with E-state index in [1.54, 1.807) is 5.48 Å². The van der Waals surface area contributed by atoms with Crippen LogP contribution in [-0.4, -0.2) is 11.1 Å². The summed E-state index contributed by atoms with van der Waals surface area (Å²) >= 11 is 0. The van der Waals surface area contributed by atoms with Crippen LogP contribution in [0.25, 0.3) is 10.8 Å². The Morgan fingerprint density at radius 2 is 1.81 bits per heavy atom. The van der Waals surface area contributed by atoms with E-state index in [0.717, 1.165) is 43.2 Å². The van der Waals surface area contributed by atoms with Crippen molar-refractivity contribution >= 4 is 22.4 Å². The van der Waals surface area contributed by atoms with Crippen molar-refractivity contribution in [1.82, 2.24) is 5.48 Å². The highest BCUT2D eigenvalue weighted by Gasteiger charge is 2.04. The fraction of sp³-hybridized carbons (Fsp3) is 0.353. The maximum absolute atomic E-state index is 10.9. The lowest BCUT2D eigenvalue weighted by Crippen LogP contribution is -2.17. The minimum Gasteiger partial charge on any atom is -0.398 e. The SMILES string of the molecule is Nc1c(CCCCCCC(=O)NO)ccc2ccccc12. The maximum Gasteiger partial charge on any atom is 0.243 e. The standard InChI is InChI=1S/C17H22N2O2/c18-17-14(8-3-1-2-4-10-16(20)19-21)12-11-13-7-5-6-9-15(13)17/h5-7,9,11-12,21H,1-4,8,10,18H2,(H,19,20). The third-order valence-corrected chi connectivity index (χ3v) is 3.79. The van der Waals surface area contributed by atoms with E-state index in [2.05, 4.69) is 24.3 Å². The number of carbonyl (C=O) groups is 1. The lowest BCUT2D eigenvalue weighted by atomic mass is 9.99. The number of benzene rings is 2. The largest absolute Gasteiger partial charge is 0.398 e. The number of nitrogen functional groups attached to an aromatic ring is 1. The highest BCUT2D eigenvalue weighted by Crippen LogP contribution is 2.26. The molecule has 2 aromatic rings. The number of nitrogens with two attached hydrogens (primary N) is 1. The van der Waals surface area contributed by atoms with E-state index in [1.165, 1.54) is 10.9 Å². The van der Waals surface area contributed by atoms with Gasteiger partial charge in [0.05, 0.1) is 0 Å². The molecule has 0 radical (unpaired) electrons. The van der Waals surface area contributed by atoms with Crippen LogP contribution in [0.2, 0.25) is 0 Å². The number of unbranched alkanes of at least 4 members (excludes halogenated alkanes) is 3. The fourth-order valence-electron chi connectivity index (χ4n) is 2.57. The van der Waals surface area contributed by atoms with Gasteiger partial charge in [-0.3, -0.25) is 10.0 Å². The number of anilines is 1. The molecule has 112 valence electrons. The Bertz CT molecular complexity index is 611. The van der Waals surface area contributed by atoms with Crippen molar-refractivity contribution in [2.75, 3.05) is 5.73 Å². The van der Waals surface area contributed by atoms with E-state index >= 15 is 0 Å². The molecule has 4 heteroatoms. The number of hydrogen-bond donors (Lipinski definition) is 3. The molecule has 0 heterocycles. The Morgan fingerprint density at radius 1 is 1.05 bits per heavy atom.